The van der Waals surface area contributed by atoms with Gasteiger partial charge in [-0.25, -0.2) is 13.6 Å². The molecule has 0 aliphatic heterocycles. The van der Waals surface area contributed by atoms with Gasteiger partial charge in [0.1, 0.15) is 11.6 Å². The Morgan fingerprint density at radius 3 is 2.25 bits per heavy atom. The number of carbonyl (C=O) groups is 1. The normalized spacial score (nSPS) is 11.8. The van der Waals surface area contributed by atoms with Crippen LogP contribution in [-0.2, 0) is 14.8 Å². The average Bonchev–Trinajstić information content (AvgIpc) is 3.01. The number of hydrogen-bond acceptors (Lipinski definition) is 4. The molecule has 7 nitrogen and oxygen atoms in total. The van der Waals surface area contributed by atoms with Crippen molar-refractivity contribution < 1.29 is 13.2 Å². The number of aryl methyl sites for hydroxylation is 3. The van der Waals surface area contributed by atoms with Crippen molar-refractivity contribution in [3.63, 3.8) is 0 Å². The molecule has 0 atom stereocenters. The molecule has 0 bridgehead atoms. The summed E-state index contributed by atoms with van der Waals surface area (Å²) in [6.07, 6.45) is 1.55. The fourth-order valence-corrected chi connectivity index (χ4v) is 3.95. The van der Waals surface area contributed by atoms with Crippen LogP contribution in [0.5, 0.6) is 0 Å². The zero-order valence-electron chi connectivity index (χ0n) is 18.3. The predicted molar refractivity (Wildman–Crippen MR) is 125 cm³/mol. The molecular weight excluding hydrogens is 424 g/mol. The molecule has 1 heterocycles. The van der Waals surface area contributed by atoms with E-state index < -0.39 is 15.9 Å². The van der Waals surface area contributed by atoms with Crippen LogP contribution in [0.15, 0.2) is 59.0 Å². The van der Waals surface area contributed by atoms with E-state index in [1.807, 2.05) is 56.5 Å². The van der Waals surface area contributed by atoms with Crippen LogP contribution < -0.4 is 10.5 Å². The molecule has 0 spiro atoms. The van der Waals surface area contributed by atoms with E-state index in [1.54, 1.807) is 24.3 Å². The van der Waals surface area contributed by atoms with Gasteiger partial charge in [0, 0.05) is 22.8 Å². The van der Waals surface area contributed by atoms with E-state index in [9.17, 15) is 18.5 Å². The van der Waals surface area contributed by atoms with Crippen molar-refractivity contribution >= 4 is 27.7 Å². The number of hydrogen-bond donors (Lipinski definition) is 2. The van der Waals surface area contributed by atoms with Crippen LogP contribution in [0.1, 0.15) is 28.1 Å². The van der Waals surface area contributed by atoms with Crippen molar-refractivity contribution in [1.82, 2.24) is 4.57 Å². The van der Waals surface area contributed by atoms with E-state index in [0.29, 0.717) is 11.3 Å². The topological polar surface area (TPSA) is 118 Å². The van der Waals surface area contributed by atoms with Crippen LogP contribution in [0, 0.1) is 39.0 Å². The van der Waals surface area contributed by atoms with E-state index >= 15 is 0 Å². The number of carbonyl (C=O) groups excluding carboxylic acids is 1. The van der Waals surface area contributed by atoms with Crippen molar-refractivity contribution in [3.05, 3.63) is 82.2 Å². The Hall–Kier alpha value is -3.67. The Morgan fingerprint density at radius 1 is 1.03 bits per heavy atom. The van der Waals surface area contributed by atoms with Crippen LogP contribution in [0.25, 0.3) is 11.8 Å². The number of amides is 1. The largest absolute Gasteiger partial charge is 0.321 e. The van der Waals surface area contributed by atoms with Gasteiger partial charge in [0.15, 0.2) is 0 Å². The molecule has 0 aliphatic rings. The van der Waals surface area contributed by atoms with Crippen molar-refractivity contribution in [2.24, 2.45) is 5.14 Å². The smallest absolute Gasteiger partial charge is 0.266 e. The predicted octanol–water partition coefficient (Wildman–Crippen LogP) is 3.90. The third kappa shape index (κ3) is 4.80. The maximum absolute atomic E-state index is 12.7. The highest BCUT2D eigenvalue weighted by atomic mass is 32.2. The molecule has 3 rings (SSSR count). The van der Waals surface area contributed by atoms with Crippen LogP contribution in [-0.4, -0.2) is 18.9 Å². The summed E-state index contributed by atoms with van der Waals surface area (Å²) in [7, 11) is -3.78. The number of aromatic nitrogens is 1. The zero-order valence-corrected chi connectivity index (χ0v) is 19.1. The molecule has 0 aliphatic carbocycles. The number of primary sulfonamides is 1. The van der Waals surface area contributed by atoms with Gasteiger partial charge in [-0.1, -0.05) is 6.07 Å². The fourth-order valence-electron chi connectivity index (χ4n) is 3.44. The Kier molecular flexibility index (Phi) is 6.35. The summed E-state index contributed by atoms with van der Waals surface area (Å²) in [5.41, 5.74) is 5.88. The minimum Gasteiger partial charge on any atom is -0.321 e. The average molecular weight is 449 g/mol. The van der Waals surface area contributed by atoms with Gasteiger partial charge in [0.25, 0.3) is 5.91 Å². The number of nitriles is 1. The van der Waals surface area contributed by atoms with E-state index in [2.05, 4.69) is 5.32 Å². The summed E-state index contributed by atoms with van der Waals surface area (Å²) in [6.45, 7) is 7.69. The Bertz CT molecular complexity index is 1380. The van der Waals surface area contributed by atoms with E-state index in [4.69, 9.17) is 5.14 Å². The first-order chi connectivity index (χ1) is 15.0. The summed E-state index contributed by atoms with van der Waals surface area (Å²) in [6, 6.07) is 15.6. The molecule has 0 saturated carbocycles. The molecule has 1 amide bonds. The molecule has 2 aromatic carbocycles. The minimum atomic E-state index is -3.78. The Morgan fingerprint density at radius 2 is 1.69 bits per heavy atom. The third-order valence-electron chi connectivity index (χ3n) is 5.32. The Balaban J connectivity index is 1.93. The molecule has 3 N–H and O–H groups in total. The number of nitrogens with two attached hydrogens (primary N) is 1. The standard InChI is InChI=1S/C24H24N4O3S/c1-15-5-6-21(11-16(15)2)27-24(29)20(14-25)13-19-12-17(3)28(18(19)4)22-7-9-23(10-8-22)32(26,30)31/h5-13H,1-4H3,(H,27,29)(H2,26,30,31)/b20-13-. The second-order valence-electron chi connectivity index (χ2n) is 7.62. The van der Waals surface area contributed by atoms with Gasteiger partial charge in [0.05, 0.1) is 4.90 Å². The lowest BCUT2D eigenvalue weighted by Crippen LogP contribution is -2.13. The summed E-state index contributed by atoms with van der Waals surface area (Å²) >= 11 is 0. The highest BCUT2D eigenvalue weighted by molar-refractivity contribution is 7.89. The molecule has 32 heavy (non-hydrogen) atoms. The molecule has 0 fully saturated rings. The second kappa shape index (κ2) is 8.83. The number of sulfonamides is 1. The van der Waals surface area contributed by atoms with Crippen molar-refractivity contribution in [3.8, 4) is 11.8 Å². The van der Waals surface area contributed by atoms with E-state index in [-0.39, 0.29) is 10.5 Å². The van der Waals surface area contributed by atoms with Gasteiger partial charge >= 0.3 is 0 Å². The number of benzene rings is 2. The number of nitrogens with one attached hydrogen (secondary N) is 1. The SMILES string of the molecule is Cc1ccc(NC(=O)/C(C#N)=C\c2cc(C)n(-c3ccc(S(N)(=O)=O)cc3)c2C)cc1C. The van der Waals surface area contributed by atoms with Crippen LogP contribution in [0.2, 0.25) is 0 Å². The second-order valence-corrected chi connectivity index (χ2v) is 9.19. The third-order valence-corrected chi connectivity index (χ3v) is 6.25. The fraction of sp³-hybridized carbons (Fsp3) is 0.167. The van der Waals surface area contributed by atoms with Gasteiger partial charge in [-0.05, 0) is 92.9 Å². The van der Waals surface area contributed by atoms with Crippen molar-refractivity contribution in [2.75, 3.05) is 5.32 Å². The first-order valence-electron chi connectivity index (χ1n) is 9.84. The van der Waals surface area contributed by atoms with Gasteiger partial charge in [-0.3, -0.25) is 4.79 Å². The monoisotopic (exact) mass is 448 g/mol. The molecule has 164 valence electrons. The minimum absolute atomic E-state index is 0.0203. The summed E-state index contributed by atoms with van der Waals surface area (Å²) in [5.74, 6) is -0.488. The van der Waals surface area contributed by atoms with Gasteiger partial charge < -0.3 is 9.88 Å². The number of nitrogens with zero attached hydrogens (tertiary/aromatic N) is 2. The summed E-state index contributed by atoms with van der Waals surface area (Å²) in [4.78, 5) is 12.7. The van der Waals surface area contributed by atoms with Crippen molar-refractivity contribution in [2.45, 2.75) is 32.6 Å². The van der Waals surface area contributed by atoms with Crippen LogP contribution in [0.3, 0.4) is 0 Å². The van der Waals surface area contributed by atoms with Gasteiger partial charge in [0.2, 0.25) is 10.0 Å². The van der Waals surface area contributed by atoms with E-state index in [1.165, 1.54) is 12.1 Å². The molecule has 0 radical (unpaired) electrons. The summed E-state index contributed by atoms with van der Waals surface area (Å²) in [5, 5.41) is 17.5. The quantitative estimate of drug-likeness (QED) is 0.454. The molecule has 0 saturated heterocycles. The summed E-state index contributed by atoms with van der Waals surface area (Å²) < 4.78 is 24.9. The molecule has 8 heteroatoms. The highest BCUT2D eigenvalue weighted by Gasteiger charge is 2.15. The maximum Gasteiger partial charge on any atom is 0.266 e. The lowest BCUT2D eigenvalue weighted by atomic mass is 10.1. The molecular formula is C24H24N4O3S. The van der Waals surface area contributed by atoms with Crippen LogP contribution >= 0.6 is 0 Å². The van der Waals surface area contributed by atoms with Gasteiger partial charge in [-0.2, -0.15) is 5.26 Å². The number of anilines is 1. The molecule has 1 aromatic heterocycles. The number of rotatable bonds is 5. The van der Waals surface area contributed by atoms with E-state index in [0.717, 1.165) is 28.2 Å². The highest BCUT2D eigenvalue weighted by Crippen LogP contribution is 2.24. The lowest BCUT2D eigenvalue weighted by molar-refractivity contribution is -0.112. The maximum atomic E-state index is 12.7. The molecule has 0 unspecified atom stereocenters. The molecule has 3 aromatic rings. The van der Waals surface area contributed by atoms with Crippen molar-refractivity contribution in [1.29, 1.82) is 5.26 Å². The first kappa shape index (κ1) is 23.0. The van der Waals surface area contributed by atoms with Crippen LogP contribution in [0.4, 0.5) is 5.69 Å². The van der Waals surface area contributed by atoms with Gasteiger partial charge in [-0.15, -0.1) is 0 Å². The lowest BCUT2D eigenvalue weighted by Gasteiger charge is -2.10. The Labute approximate surface area is 187 Å². The first-order valence-corrected chi connectivity index (χ1v) is 11.4. The zero-order chi connectivity index (χ0) is 23.6.